The number of hydrogen-bond donors (Lipinski definition) is 1. The third kappa shape index (κ3) is 4.78. The molecule has 0 unspecified atom stereocenters. The zero-order chi connectivity index (χ0) is 20.8. The summed E-state index contributed by atoms with van der Waals surface area (Å²) in [4.78, 5) is 16.8. The van der Waals surface area contributed by atoms with Crippen molar-refractivity contribution >= 4 is 17.5 Å². The molecular weight excluding hydrogens is 398 g/mol. The molecule has 3 aromatic rings. The molecule has 0 spiro atoms. The predicted molar refractivity (Wildman–Crippen MR) is 107 cm³/mol. The van der Waals surface area contributed by atoms with Crippen LogP contribution in [0.2, 0.25) is 5.02 Å². The summed E-state index contributed by atoms with van der Waals surface area (Å²) in [6.45, 7) is 0.317. The van der Waals surface area contributed by atoms with Crippen molar-refractivity contribution in [2.45, 2.75) is 6.42 Å². The number of halogens is 1. The number of nitrogens with zero attached hydrogens (tertiary/aromatic N) is 2. The van der Waals surface area contributed by atoms with E-state index in [-0.39, 0.29) is 5.91 Å². The van der Waals surface area contributed by atoms with Gasteiger partial charge >= 0.3 is 0 Å². The molecule has 29 heavy (non-hydrogen) atoms. The van der Waals surface area contributed by atoms with Gasteiger partial charge in [0, 0.05) is 29.1 Å². The monoisotopic (exact) mass is 417 g/mol. The van der Waals surface area contributed by atoms with E-state index in [1.807, 2.05) is 12.1 Å². The van der Waals surface area contributed by atoms with E-state index in [9.17, 15) is 4.79 Å². The third-order valence-corrected chi connectivity index (χ3v) is 4.37. The topological polar surface area (TPSA) is 95.7 Å². The van der Waals surface area contributed by atoms with Crippen LogP contribution in [0.25, 0.3) is 11.4 Å². The molecular formula is C20H20ClN3O5. The van der Waals surface area contributed by atoms with Gasteiger partial charge in [-0.05, 0) is 36.4 Å². The van der Waals surface area contributed by atoms with Gasteiger partial charge in [0.2, 0.25) is 17.5 Å². The van der Waals surface area contributed by atoms with Crippen molar-refractivity contribution in [3.05, 3.63) is 52.9 Å². The number of amides is 1. The van der Waals surface area contributed by atoms with Crippen molar-refractivity contribution in [1.82, 2.24) is 15.5 Å². The molecule has 1 heterocycles. The van der Waals surface area contributed by atoms with Crippen LogP contribution < -0.4 is 19.5 Å². The smallest absolute Gasteiger partial charge is 0.251 e. The van der Waals surface area contributed by atoms with Gasteiger partial charge in [-0.3, -0.25) is 4.79 Å². The lowest BCUT2D eigenvalue weighted by Crippen LogP contribution is -2.25. The minimum atomic E-state index is -0.290. The maximum Gasteiger partial charge on any atom is 0.251 e. The predicted octanol–water partition coefficient (Wildman–Crippen LogP) is 3.39. The minimum Gasteiger partial charge on any atom is -0.493 e. The Kier molecular flexibility index (Phi) is 6.56. The van der Waals surface area contributed by atoms with Gasteiger partial charge in [0.15, 0.2) is 11.5 Å². The fourth-order valence-corrected chi connectivity index (χ4v) is 2.80. The highest BCUT2D eigenvalue weighted by atomic mass is 35.5. The van der Waals surface area contributed by atoms with Crippen LogP contribution >= 0.6 is 11.6 Å². The van der Waals surface area contributed by atoms with E-state index >= 15 is 0 Å². The van der Waals surface area contributed by atoms with Crippen LogP contribution in [0.1, 0.15) is 16.2 Å². The lowest BCUT2D eigenvalue weighted by molar-refractivity contribution is 0.0952. The normalized spacial score (nSPS) is 10.5. The molecule has 0 radical (unpaired) electrons. The first-order chi connectivity index (χ1) is 14.0. The van der Waals surface area contributed by atoms with Crippen LogP contribution in [-0.2, 0) is 6.42 Å². The van der Waals surface area contributed by atoms with Crippen LogP contribution in [0.3, 0.4) is 0 Å². The van der Waals surface area contributed by atoms with E-state index in [0.717, 1.165) is 5.56 Å². The average molecular weight is 418 g/mol. The Balaban J connectivity index is 1.62. The Morgan fingerprint density at radius 2 is 1.72 bits per heavy atom. The molecule has 1 aromatic heterocycles. The van der Waals surface area contributed by atoms with Gasteiger partial charge in [0.25, 0.3) is 5.91 Å². The molecule has 0 aliphatic carbocycles. The fourth-order valence-electron chi connectivity index (χ4n) is 2.67. The SMILES string of the molecule is COc1cc(C(=O)NCCc2nc(-c3ccc(Cl)cc3)no2)cc(OC)c1OC. The molecule has 152 valence electrons. The average Bonchev–Trinajstić information content (AvgIpc) is 3.21. The van der Waals surface area contributed by atoms with E-state index in [1.54, 1.807) is 24.3 Å². The van der Waals surface area contributed by atoms with Crippen molar-refractivity contribution < 1.29 is 23.5 Å². The Hall–Kier alpha value is -3.26. The number of rotatable bonds is 8. The third-order valence-electron chi connectivity index (χ3n) is 4.12. The number of methoxy groups -OCH3 is 3. The highest BCUT2D eigenvalue weighted by Gasteiger charge is 2.17. The summed E-state index contributed by atoms with van der Waals surface area (Å²) in [6.07, 6.45) is 0.386. The molecule has 0 bridgehead atoms. The van der Waals surface area contributed by atoms with Crippen molar-refractivity contribution in [3.63, 3.8) is 0 Å². The molecule has 9 heteroatoms. The van der Waals surface area contributed by atoms with E-state index in [1.165, 1.54) is 21.3 Å². The number of aromatic nitrogens is 2. The largest absolute Gasteiger partial charge is 0.493 e. The highest BCUT2D eigenvalue weighted by Crippen LogP contribution is 2.38. The molecule has 3 rings (SSSR count). The molecule has 0 atom stereocenters. The van der Waals surface area contributed by atoms with Crippen molar-refractivity contribution in [2.24, 2.45) is 0 Å². The zero-order valence-corrected chi connectivity index (χ0v) is 16.9. The molecule has 0 saturated heterocycles. The van der Waals surface area contributed by atoms with E-state index in [0.29, 0.717) is 52.5 Å². The molecule has 1 N–H and O–H groups in total. The second kappa shape index (κ2) is 9.29. The Bertz CT molecular complexity index is 963. The van der Waals surface area contributed by atoms with Crippen LogP contribution in [0.4, 0.5) is 0 Å². The quantitative estimate of drug-likeness (QED) is 0.600. The maximum atomic E-state index is 12.5. The maximum absolute atomic E-state index is 12.5. The molecule has 1 amide bonds. The number of carbonyl (C=O) groups is 1. The molecule has 2 aromatic carbocycles. The summed E-state index contributed by atoms with van der Waals surface area (Å²) in [5.41, 5.74) is 1.18. The van der Waals surface area contributed by atoms with Crippen molar-refractivity contribution in [1.29, 1.82) is 0 Å². The first kappa shape index (κ1) is 20.5. The van der Waals surface area contributed by atoms with Gasteiger partial charge in [-0.1, -0.05) is 16.8 Å². The first-order valence-electron chi connectivity index (χ1n) is 8.72. The minimum absolute atomic E-state index is 0.290. The van der Waals surface area contributed by atoms with Gasteiger partial charge in [-0.25, -0.2) is 0 Å². The summed E-state index contributed by atoms with van der Waals surface area (Å²) in [5.74, 6) is 1.82. The lowest BCUT2D eigenvalue weighted by Gasteiger charge is -2.14. The van der Waals surface area contributed by atoms with Crippen molar-refractivity contribution in [3.8, 4) is 28.6 Å². The number of nitrogens with one attached hydrogen (secondary N) is 1. The van der Waals surface area contributed by atoms with E-state index < -0.39 is 0 Å². The van der Waals surface area contributed by atoms with Crippen LogP contribution in [0, 0.1) is 0 Å². The molecule has 0 saturated carbocycles. The molecule has 8 nitrogen and oxygen atoms in total. The van der Waals surface area contributed by atoms with Crippen LogP contribution in [-0.4, -0.2) is 43.9 Å². The van der Waals surface area contributed by atoms with Gasteiger partial charge in [0.05, 0.1) is 21.3 Å². The molecule has 0 aliphatic heterocycles. The van der Waals surface area contributed by atoms with E-state index in [4.69, 9.17) is 30.3 Å². The summed E-state index contributed by atoms with van der Waals surface area (Å²) >= 11 is 5.88. The lowest BCUT2D eigenvalue weighted by atomic mass is 10.1. The Labute approximate surface area is 172 Å². The number of ether oxygens (including phenoxy) is 3. The number of hydrogen-bond acceptors (Lipinski definition) is 7. The summed E-state index contributed by atoms with van der Waals surface area (Å²) in [7, 11) is 4.49. The van der Waals surface area contributed by atoms with Gasteiger partial charge in [-0.2, -0.15) is 4.98 Å². The summed E-state index contributed by atoms with van der Waals surface area (Å²) < 4.78 is 21.0. The highest BCUT2D eigenvalue weighted by molar-refractivity contribution is 6.30. The molecule has 0 fully saturated rings. The van der Waals surface area contributed by atoms with Gasteiger partial charge in [-0.15, -0.1) is 0 Å². The summed E-state index contributed by atoms with van der Waals surface area (Å²) in [6, 6.07) is 10.3. The second-order valence-corrected chi connectivity index (χ2v) is 6.37. The molecule has 0 aliphatic rings. The zero-order valence-electron chi connectivity index (χ0n) is 16.2. The van der Waals surface area contributed by atoms with Gasteiger partial charge < -0.3 is 24.1 Å². The number of benzene rings is 2. The summed E-state index contributed by atoms with van der Waals surface area (Å²) in [5, 5.41) is 7.39. The van der Waals surface area contributed by atoms with Crippen LogP contribution in [0.5, 0.6) is 17.2 Å². The Morgan fingerprint density at radius 3 is 2.31 bits per heavy atom. The van der Waals surface area contributed by atoms with Crippen molar-refractivity contribution in [2.75, 3.05) is 27.9 Å². The standard InChI is InChI=1S/C20H20ClN3O5/c1-26-15-10-13(11-16(27-2)18(15)28-3)20(25)22-9-8-17-23-19(24-29-17)12-4-6-14(21)7-5-12/h4-7,10-11H,8-9H2,1-3H3,(H,22,25). The van der Waals surface area contributed by atoms with E-state index in [2.05, 4.69) is 15.5 Å². The van der Waals surface area contributed by atoms with Gasteiger partial charge in [0.1, 0.15) is 0 Å². The first-order valence-corrected chi connectivity index (χ1v) is 9.10. The Morgan fingerprint density at radius 1 is 1.07 bits per heavy atom. The second-order valence-electron chi connectivity index (χ2n) is 5.94. The fraction of sp³-hybridized carbons (Fsp3) is 0.250. The van der Waals surface area contributed by atoms with Crippen LogP contribution in [0.15, 0.2) is 40.9 Å². The number of carbonyl (C=O) groups excluding carboxylic acids is 1.